The fraction of sp³-hybridized carbons (Fsp3) is 0.294. The van der Waals surface area contributed by atoms with Gasteiger partial charge < -0.3 is 24.6 Å². The van der Waals surface area contributed by atoms with Gasteiger partial charge in [-0.25, -0.2) is 0 Å². The fourth-order valence-electron chi connectivity index (χ4n) is 2.34. The lowest BCUT2D eigenvalue weighted by molar-refractivity contribution is -0.137. The molecule has 0 radical (unpaired) electrons. The summed E-state index contributed by atoms with van der Waals surface area (Å²) in [5, 5.41) is 13.7. The van der Waals surface area contributed by atoms with Gasteiger partial charge in [0, 0.05) is 0 Å². The molecule has 25 heavy (non-hydrogen) atoms. The average Bonchev–Trinajstić information content (AvgIpc) is 3.09. The number of hydrogen-bond donors (Lipinski definition) is 2. The van der Waals surface area contributed by atoms with Gasteiger partial charge in [-0.05, 0) is 29.1 Å². The molecule has 1 unspecified atom stereocenters. The summed E-state index contributed by atoms with van der Waals surface area (Å²) in [5.74, 6) is -0.0000738. The molecule has 0 fully saturated rings. The molecule has 0 spiro atoms. The first kappa shape index (κ1) is 18.6. The number of carbonyl (C=O) groups excluding carboxylic acids is 1. The van der Waals surface area contributed by atoms with Gasteiger partial charge in [0.2, 0.25) is 0 Å². The quantitative estimate of drug-likeness (QED) is 0.747. The average molecular weight is 365 g/mol. The second kappa shape index (κ2) is 8.39. The third-order valence-electron chi connectivity index (χ3n) is 3.55. The minimum absolute atomic E-state index is 0.269. The Morgan fingerprint density at radius 2 is 1.76 bits per heavy atom. The maximum Gasteiger partial charge on any atom is 0.305 e. The first-order valence-electron chi connectivity index (χ1n) is 7.36. The van der Waals surface area contributed by atoms with Crippen molar-refractivity contribution in [3.8, 4) is 17.2 Å². The summed E-state index contributed by atoms with van der Waals surface area (Å²) in [6.07, 6.45) is -0.269. The van der Waals surface area contributed by atoms with E-state index in [4.69, 9.17) is 14.2 Å². The lowest BCUT2D eigenvalue weighted by Gasteiger charge is -2.19. The Balaban J connectivity index is 2.30. The van der Waals surface area contributed by atoms with Crippen molar-refractivity contribution in [1.29, 1.82) is 0 Å². The van der Waals surface area contributed by atoms with E-state index in [0.717, 1.165) is 0 Å². The van der Waals surface area contributed by atoms with Crippen molar-refractivity contribution in [2.75, 3.05) is 21.3 Å². The number of benzene rings is 1. The molecule has 1 aromatic heterocycles. The van der Waals surface area contributed by atoms with Gasteiger partial charge in [-0.1, -0.05) is 6.07 Å². The highest BCUT2D eigenvalue weighted by molar-refractivity contribution is 7.12. The Kier molecular flexibility index (Phi) is 6.24. The highest BCUT2D eigenvalue weighted by Gasteiger charge is 2.23. The number of aliphatic carboxylic acids is 1. The summed E-state index contributed by atoms with van der Waals surface area (Å²) < 4.78 is 15.6. The normalized spacial score (nSPS) is 11.5. The lowest BCUT2D eigenvalue weighted by atomic mass is 10.0. The van der Waals surface area contributed by atoms with Crippen LogP contribution in [0.3, 0.4) is 0 Å². The van der Waals surface area contributed by atoms with Crippen molar-refractivity contribution < 1.29 is 28.9 Å². The standard InChI is InChI=1S/C17H19NO6S/c1-22-12-5-4-10(8-14(12)24-3)11(9-15(19)20)18-17(21)16-13(23-2)6-7-25-16/h4-8,11H,9H2,1-3H3,(H,18,21)(H,19,20). The van der Waals surface area contributed by atoms with Crippen LogP contribution in [-0.2, 0) is 4.79 Å². The summed E-state index contributed by atoms with van der Waals surface area (Å²) in [6, 6.07) is 5.97. The molecule has 0 saturated heterocycles. The number of carboxylic acid groups (broad SMARTS) is 1. The van der Waals surface area contributed by atoms with E-state index in [0.29, 0.717) is 27.7 Å². The maximum absolute atomic E-state index is 12.5. The van der Waals surface area contributed by atoms with Crippen LogP contribution in [-0.4, -0.2) is 38.3 Å². The van der Waals surface area contributed by atoms with Crippen LogP contribution in [0.4, 0.5) is 0 Å². The van der Waals surface area contributed by atoms with Crippen LogP contribution in [0, 0.1) is 0 Å². The van der Waals surface area contributed by atoms with Gasteiger partial charge >= 0.3 is 5.97 Å². The van der Waals surface area contributed by atoms with Crippen LogP contribution in [0.2, 0.25) is 0 Å². The highest BCUT2D eigenvalue weighted by atomic mass is 32.1. The zero-order valence-electron chi connectivity index (χ0n) is 14.1. The van der Waals surface area contributed by atoms with Crippen molar-refractivity contribution in [1.82, 2.24) is 5.32 Å². The second-order valence-corrected chi connectivity index (χ2v) is 5.97. The van der Waals surface area contributed by atoms with Crippen LogP contribution in [0.25, 0.3) is 0 Å². The van der Waals surface area contributed by atoms with Crippen LogP contribution in [0.1, 0.15) is 27.7 Å². The summed E-state index contributed by atoms with van der Waals surface area (Å²) in [6.45, 7) is 0. The highest BCUT2D eigenvalue weighted by Crippen LogP contribution is 2.32. The van der Waals surface area contributed by atoms with Gasteiger partial charge in [0.25, 0.3) is 5.91 Å². The van der Waals surface area contributed by atoms with E-state index >= 15 is 0 Å². The monoisotopic (exact) mass is 365 g/mol. The molecule has 1 atom stereocenters. The summed E-state index contributed by atoms with van der Waals surface area (Å²) in [5.41, 5.74) is 0.601. The molecule has 1 heterocycles. The van der Waals surface area contributed by atoms with E-state index in [2.05, 4.69) is 5.32 Å². The Morgan fingerprint density at radius 3 is 2.36 bits per heavy atom. The van der Waals surface area contributed by atoms with Crippen molar-refractivity contribution in [2.45, 2.75) is 12.5 Å². The van der Waals surface area contributed by atoms with E-state index in [9.17, 15) is 14.7 Å². The van der Waals surface area contributed by atoms with Crippen LogP contribution >= 0.6 is 11.3 Å². The maximum atomic E-state index is 12.5. The third kappa shape index (κ3) is 4.42. The van der Waals surface area contributed by atoms with E-state index in [1.807, 2.05) is 0 Å². The van der Waals surface area contributed by atoms with Crippen molar-refractivity contribution in [3.05, 3.63) is 40.1 Å². The number of hydrogen-bond acceptors (Lipinski definition) is 6. The second-order valence-electron chi connectivity index (χ2n) is 5.06. The fourth-order valence-corrected chi connectivity index (χ4v) is 3.11. The molecule has 0 aliphatic carbocycles. The van der Waals surface area contributed by atoms with Gasteiger partial charge in [-0.2, -0.15) is 0 Å². The van der Waals surface area contributed by atoms with Gasteiger partial charge in [-0.3, -0.25) is 9.59 Å². The molecule has 134 valence electrons. The first-order chi connectivity index (χ1) is 12.0. The summed E-state index contributed by atoms with van der Waals surface area (Å²) >= 11 is 1.22. The van der Waals surface area contributed by atoms with Gasteiger partial charge in [-0.15, -0.1) is 11.3 Å². The molecule has 2 rings (SSSR count). The van der Waals surface area contributed by atoms with E-state index in [-0.39, 0.29) is 6.42 Å². The molecule has 0 aliphatic rings. The van der Waals surface area contributed by atoms with E-state index < -0.39 is 17.9 Å². The number of ether oxygens (including phenoxy) is 3. The Morgan fingerprint density at radius 1 is 1.08 bits per heavy atom. The number of methoxy groups -OCH3 is 3. The molecule has 2 N–H and O–H groups in total. The summed E-state index contributed by atoms with van der Waals surface area (Å²) in [7, 11) is 4.47. The van der Waals surface area contributed by atoms with Gasteiger partial charge in [0.05, 0.1) is 33.8 Å². The third-order valence-corrected chi connectivity index (χ3v) is 4.44. The zero-order chi connectivity index (χ0) is 18.4. The van der Waals surface area contributed by atoms with Gasteiger partial charge in [0.1, 0.15) is 10.6 Å². The topological polar surface area (TPSA) is 94.1 Å². The first-order valence-corrected chi connectivity index (χ1v) is 8.24. The van der Waals surface area contributed by atoms with Gasteiger partial charge in [0.15, 0.2) is 11.5 Å². The number of thiophene rings is 1. The number of amides is 1. The summed E-state index contributed by atoms with van der Waals surface area (Å²) in [4.78, 5) is 24.1. The molecule has 7 nitrogen and oxygen atoms in total. The Bertz CT molecular complexity index is 757. The number of nitrogens with one attached hydrogen (secondary N) is 1. The van der Waals surface area contributed by atoms with Crippen molar-refractivity contribution >= 4 is 23.2 Å². The minimum Gasteiger partial charge on any atom is -0.495 e. The molecule has 0 bridgehead atoms. The van der Waals surface area contributed by atoms with Crippen LogP contribution < -0.4 is 19.5 Å². The molecule has 1 amide bonds. The zero-order valence-corrected chi connectivity index (χ0v) is 14.9. The van der Waals surface area contributed by atoms with Crippen LogP contribution in [0.15, 0.2) is 29.6 Å². The molecule has 1 aromatic carbocycles. The molecular weight excluding hydrogens is 346 g/mol. The number of carboxylic acids is 1. The predicted molar refractivity (Wildman–Crippen MR) is 92.9 cm³/mol. The molecule has 8 heteroatoms. The van der Waals surface area contributed by atoms with E-state index in [1.165, 1.54) is 32.7 Å². The molecule has 2 aromatic rings. The largest absolute Gasteiger partial charge is 0.495 e. The number of carbonyl (C=O) groups is 2. The Hall–Kier alpha value is -2.74. The molecule has 0 aliphatic heterocycles. The smallest absolute Gasteiger partial charge is 0.305 e. The Labute approximate surface area is 149 Å². The minimum atomic E-state index is -1.03. The predicted octanol–water partition coefficient (Wildman–Crippen LogP) is 2.72. The molecular formula is C17H19NO6S. The SMILES string of the molecule is COc1ccc(C(CC(=O)O)NC(=O)c2sccc2OC)cc1OC. The van der Waals surface area contributed by atoms with Crippen molar-refractivity contribution in [2.24, 2.45) is 0 Å². The molecule has 0 saturated carbocycles. The number of rotatable bonds is 8. The lowest BCUT2D eigenvalue weighted by Crippen LogP contribution is -2.30. The van der Waals surface area contributed by atoms with E-state index in [1.54, 1.807) is 29.6 Å². The van der Waals surface area contributed by atoms with Crippen molar-refractivity contribution in [3.63, 3.8) is 0 Å². The van der Waals surface area contributed by atoms with Crippen LogP contribution in [0.5, 0.6) is 17.2 Å².